The van der Waals surface area contributed by atoms with Crippen molar-refractivity contribution in [1.82, 2.24) is 4.90 Å². The maximum absolute atomic E-state index is 13.1. The van der Waals surface area contributed by atoms with Crippen LogP contribution in [0.4, 0.5) is 13.2 Å². The number of benzene rings is 2. The van der Waals surface area contributed by atoms with Gasteiger partial charge in [0.15, 0.2) is 11.5 Å². The van der Waals surface area contributed by atoms with E-state index < -0.39 is 26.8 Å². The number of methoxy groups -OCH3 is 1. The molecule has 0 saturated heterocycles. The maximum Gasteiger partial charge on any atom is 0.416 e. The van der Waals surface area contributed by atoms with Gasteiger partial charge in [0.2, 0.25) is 5.91 Å². The van der Waals surface area contributed by atoms with Crippen LogP contribution in [-0.2, 0) is 34.2 Å². The van der Waals surface area contributed by atoms with Crippen molar-refractivity contribution in [2.75, 3.05) is 7.11 Å². The summed E-state index contributed by atoms with van der Waals surface area (Å²) in [6, 6.07) is 11.2. The first-order valence-corrected chi connectivity index (χ1v) is 12.5. The Labute approximate surface area is 207 Å². The molecule has 0 aliphatic carbocycles. The minimum atomic E-state index is -4.72. The molecule has 0 radical (unpaired) electrons. The lowest BCUT2D eigenvalue weighted by atomic mass is 10.1. The number of carbonyl (C=O) groups excluding carboxylic acids is 1. The summed E-state index contributed by atoms with van der Waals surface area (Å²) in [4.78, 5) is 13.7. The predicted molar refractivity (Wildman–Crippen MR) is 125 cm³/mol. The second-order valence-corrected chi connectivity index (χ2v) is 9.53. The van der Waals surface area contributed by atoms with E-state index in [4.69, 9.17) is 13.3 Å². The van der Waals surface area contributed by atoms with Crippen molar-refractivity contribution in [2.45, 2.75) is 50.3 Å². The van der Waals surface area contributed by atoms with Gasteiger partial charge in [0.25, 0.3) is 0 Å². The average Bonchev–Trinajstić information content (AvgIpc) is 3.35. The molecule has 0 unspecified atom stereocenters. The van der Waals surface area contributed by atoms with Gasteiger partial charge in [-0.2, -0.15) is 21.6 Å². The molecule has 3 rings (SSSR count). The van der Waals surface area contributed by atoms with Gasteiger partial charge >= 0.3 is 16.3 Å². The molecular formula is C25H26F3NO6S. The van der Waals surface area contributed by atoms with Crippen LogP contribution in [0.15, 0.2) is 70.2 Å². The van der Waals surface area contributed by atoms with E-state index in [1.54, 1.807) is 23.1 Å². The second-order valence-electron chi connectivity index (χ2n) is 7.98. The largest absolute Gasteiger partial charge is 0.493 e. The molecule has 194 valence electrons. The third kappa shape index (κ3) is 7.03. The minimum Gasteiger partial charge on any atom is -0.493 e. The molecular weight excluding hydrogens is 499 g/mol. The standard InChI is InChI=1S/C25H26F3NO6S/c1-3-4-10-24(30)29(17-20-8-6-13-34-20)16-18-11-12-22(33-2)23(14-18)35-36(31,32)21-9-5-7-19(15-21)25(26,27)28/h5-9,11-15H,3-4,10,16-17H2,1-2H3. The Morgan fingerprint density at radius 3 is 2.44 bits per heavy atom. The average molecular weight is 526 g/mol. The Kier molecular flexibility index (Phi) is 8.67. The van der Waals surface area contributed by atoms with Crippen LogP contribution in [0.2, 0.25) is 0 Å². The molecule has 0 bridgehead atoms. The third-order valence-corrected chi connectivity index (χ3v) is 6.50. The van der Waals surface area contributed by atoms with E-state index >= 15 is 0 Å². The molecule has 0 fully saturated rings. The Balaban J connectivity index is 1.88. The molecule has 0 aliphatic rings. The highest BCUT2D eigenvalue weighted by Gasteiger charge is 2.32. The first kappa shape index (κ1) is 27.1. The SMILES string of the molecule is CCCCC(=O)N(Cc1ccc(OC)c(OS(=O)(=O)c2cccc(C(F)(F)F)c2)c1)Cc1ccco1. The fraction of sp³-hybridized carbons (Fsp3) is 0.320. The van der Waals surface area contributed by atoms with E-state index in [-0.39, 0.29) is 30.5 Å². The van der Waals surface area contributed by atoms with Crippen molar-refractivity contribution in [3.63, 3.8) is 0 Å². The molecule has 2 aromatic carbocycles. The van der Waals surface area contributed by atoms with E-state index in [0.717, 1.165) is 24.6 Å². The van der Waals surface area contributed by atoms with Crippen LogP contribution < -0.4 is 8.92 Å². The molecule has 0 N–H and O–H groups in total. The number of halogens is 3. The molecule has 1 aromatic heterocycles. The van der Waals surface area contributed by atoms with Gasteiger partial charge in [0.1, 0.15) is 10.7 Å². The van der Waals surface area contributed by atoms with Gasteiger partial charge in [0, 0.05) is 13.0 Å². The summed E-state index contributed by atoms with van der Waals surface area (Å²) >= 11 is 0. The lowest BCUT2D eigenvalue weighted by Gasteiger charge is -2.22. The Morgan fingerprint density at radius 1 is 1.03 bits per heavy atom. The van der Waals surface area contributed by atoms with Crippen LogP contribution in [0.25, 0.3) is 0 Å². The molecule has 3 aromatic rings. The van der Waals surface area contributed by atoms with Crippen molar-refractivity contribution in [3.8, 4) is 11.5 Å². The zero-order valence-electron chi connectivity index (χ0n) is 19.7. The highest BCUT2D eigenvalue weighted by Crippen LogP contribution is 2.34. The molecule has 0 spiro atoms. The topological polar surface area (TPSA) is 86.0 Å². The van der Waals surface area contributed by atoms with E-state index in [2.05, 4.69) is 0 Å². The number of carbonyl (C=O) groups is 1. The number of ether oxygens (including phenoxy) is 1. The molecule has 7 nitrogen and oxygen atoms in total. The number of rotatable bonds is 11. The van der Waals surface area contributed by atoms with E-state index in [9.17, 15) is 26.4 Å². The van der Waals surface area contributed by atoms with Crippen molar-refractivity contribution in [3.05, 3.63) is 77.7 Å². The number of furan rings is 1. The lowest BCUT2D eigenvalue weighted by Crippen LogP contribution is -2.29. The van der Waals surface area contributed by atoms with Crippen LogP contribution in [-0.4, -0.2) is 26.3 Å². The summed E-state index contributed by atoms with van der Waals surface area (Å²) < 4.78 is 80.5. The van der Waals surface area contributed by atoms with Gasteiger partial charge < -0.3 is 18.2 Å². The second kappa shape index (κ2) is 11.5. The zero-order chi connectivity index (χ0) is 26.3. The molecule has 0 aliphatic heterocycles. The van der Waals surface area contributed by atoms with Crippen LogP contribution >= 0.6 is 0 Å². The normalized spacial score (nSPS) is 11.8. The maximum atomic E-state index is 13.1. The molecule has 1 heterocycles. The number of nitrogens with zero attached hydrogens (tertiary/aromatic N) is 1. The van der Waals surface area contributed by atoms with E-state index in [1.807, 2.05) is 6.92 Å². The highest BCUT2D eigenvalue weighted by molar-refractivity contribution is 7.87. The molecule has 0 atom stereocenters. The van der Waals surface area contributed by atoms with Crippen molar-refractivity contribution >= 4 is 16.0 Å². The van der Waals surface area contributed by atoms with E-state index in [1.165, 1.54) is 25.5 Å². The first-order chi connectivity index (χ1) is 17.0. The summed E-state index contributed by atoms with van der Waals surface area (Å²) in [6.07, 6.45) is -1.33. The molecule has 11 heteroatoms. The Morgan fingerprint density at radius 2 is 1.81 bits per heavy atom. The van der Waals surface area contributed by atoms with Gasteiger partial charge in [0.05, 0.1) is 25.5 Å². The smallest absolute Gasteiger partial charge is 0.416 e. The van der Waals surface area contributed by atoms with E-state index in [0.29, 0.717) is 30.2 Å². The quantitative estimate of drug-likeness (QED) is 0.295. The van der Waals surface area contributed by atoms with Crippen molar-refractivity contribution in [2.24, 2.45) is 0 Å². The highest BCUT2D eigenvalue weighted by atomic mass is 32.2. The van der Waals surface area contributed by atoms with Crippen LogP contribution in [0.3, 0.4) is 0 Å². The van der Waals surface area contributed by atoms with Crippen LogP contribution in [0.1, 0.15) is 43.1 Å². The summed E-state index contributed by atoms with van der Waals surface area (Å²) in [5, 5.41) is 0. The lowest BCUT2D eigenvalue weighted by molar-refractivity contribution is -0.137. The zero-order valence-corrected chi connectivity index (χ0v) is 20.6. The fourth-order valence-electron chi connectivity index (χ4n) is 3.41. The number of alkyl halides is 3. The Bertz CT molecular complexity index is 1270. The molecule has 1 amide bonds. The molecule has 36 heavy (non-hydrogen) atoms. The predicted octanol–water partition coefficient (Wildman–Crippen LogP) is 5.79. The Hall–Kier alpha value is -3.47. The fourth-order valence-corrected chi connectivity index (χ4v) is 4.39. The summed E-state index contributed by atoms with van der Waals surface area (Å²) in [5.74, 6) is 0.315. The summed E-state index contributed by atoms with van der Waals surface area (Å²) in [5.41, 5.74) is -0.589. The van der Waals surface area contributed by atoms with Crippen molar-refractivity contribution < 1.29 is 39.7 Å². The van der Waals surface area contributed by atoms with Crippen LogP contribution in [0, 0.1) is 0 Å². The van der Waals surface area contributed by atoms with Gasteiger partial charge in [-0.3, -0.25) is 4.79 Å². The van der Waals surface area contributed by atoms with Gasteiger partial charge in [-0.1, -0.05) is 25.5 Å². The molecule has 0 saturated carbocycles. The summed E-state index contributed by atoms with van der Waals surface area (Å²) in [7, 11) is -3.32. The van der Waals surface area contributed by atoms with Crippen LogP contribution in [0.5, 0.6) is 11.5 Å². The van der Waals surface area contributed by atoms with Crippen molar-refractivity contribution in [1.29, 1.82) is 0 Å². The summed E-state index contributed by atoms with van der Waals surface area (Å²) in [6.45, 7) is 2.30. The number of unbranched alkanes of at least 4 members (excludes halogenated alkanes) is 1. The number of hydrogen-bond acceptors (Lipinski definition) is 6. The van der Waals surface area contributed by atoms with Gasteiger partial charge in [-0.05, 0) is 54.4 Å². The minimum absolute atomic E-state index is 0.0594. The first-order valence-electron chi connectivity index (χ1n) is 11.1. The third-order valence-electron chi connectivity index (χ3n) is 5.27. The number of hydrogen-bond donors (Lipinski definition) is 0. The monoisotopic (exact) mass is 525 g/mol. The van der Waals surface area contributed by atoms with Gasteiger partial charge in [-0.25, -0.2) is 0 Å². The number of amides is 1. The van der Waals surface area contributed by atoms with Gasteiger partial charge in [-0.15, -0.1) is 0 Å².